The molecular weight excluding hydrogens is 414 g/mol. The van der Waals surface area contributed by atoms with Crippen molar-refractivity contribution in [1.82, 2.24) is 5.32 Å². The highest BCUT2D eigenvalue weighted by Gasteiger charge is 2.17. The van der Waals surface area contributed by atoms with Crippen molar-refractivity contribution in [2.24, 2.45) is 0 Å². The maximum atomic E-state index is 5.49. The van der Waals surface area contributed by atoms with Gasteiger partial charge in [-0.3, -0.25) is 0 Å². The lowest BCUT2D eigenvalue weighted by molar-refractivity contribution is 0.406. The molecule has 0 saturated carbocycles. The maximum Gasteiger partial charge on any atom is 0.122 e. The zero-order valence-electron chi connectivity index (χ0n) is 12.4. The molecule has 2 rings (SSSR count). The molecule has 1 heterocycles. The Bertz CT molecular complexity index is 593. The minimum absolute atomic E-state index is 0.299. The zero-order chi connectivity index (χ0) is 15.4. The van der Waals surface area contributed by atoms with E-state index in [0.717, 1.165) is 23.2 Å². The minimum atomic E-state index is 0.299. The summed E-state index contributed by atoms with van der Waals surface area (Å²) < 4.78 is 7.78. The minimum Gasteiger partial charge on any atom is -0.496 e. The van der Waals surface area contributed by atoms with Crippen LogP contribution in [0.1, 0.15) is 29.0 Å². The van der Waals surface area contributed by atoms with Gasteiger partial charge in [0.25, 0.3) is 0 Å². The second-order valence-corrected chi connectivity index (χ2v) is 8.19. The van der Waals surface area contributed by atoms with Gasteiger partial charge >= 0.3 is 0 Å². The van der Waals surface area contributed by atoms with Crippen LogP contribution in [0.25, 0.3) is 0 Å². The average molecular weight is 433 g/mol. The third kappa shape index (κ3) is 4.31. The van der Waals surface area contributed by atoms with Crippen LogP contribution in [-0.4, -0.2) is 13.7 Å². The molecule has 0 aliphatic heterocycles. The molecule has 2 nitrogen and oxygen atoms in total. The van der Waals surface area contributed by atoms with Gasteiger partial charge < -0.3 is 10.1 Å². The normalized spacial score (nSPS) is 12.4. The van der Waals surface area contributed by atoms with E-state index in [4.69, 9.17) is 4.74 Å². The molecule has 0 aliphatic rings. The van der Waals surface area contributed by atoms with E-state index in [1.165, 1.54) is 19.8 Å². The topological polar surface area (TPSA) is 21.3 Å². The van der Waals surface area contributed by atoms with Crippen molar-refractivity contribution in [3.63, 3.8) is 0 Å². The Morgan fingerprint density at radius 2 is 2.05 bits per heavy atom. The summed E-state index contributed by atoms with van der Waals surface area (Å²) in [6.45, 7) is 5.21. The van der Waals surface area contributed by atoms with Crippen LogP contribution in [0.3, 0.4) is 0 Å². The van der Waals surface area contributed by atoms with Gasteiger partial charge in [0.05, 0.1) is 10.9 Å². The Morgan fingerprint density at radius 3 is 2.62 bits per heavy atom. The van der Waals surface area contributed by atoms with Gasteiger partial charge in [0, 0.05) is 15.4 Å². The fourth-order valence-corrected chi connectivity index (χ4v) is 4.36. The highest BCUT2D eigenvalue weighted by atomic mass is 79.9. The number of halogens is 2. The molecule has 1 aromatic carbocycles. The van der Waals surface area contributed by atoms with Crippen LogP contribution >= 0.6 is 43.2 Å². The molecule has 5 heteroatoms. The number of benzene rings is 1. The number of methoxy groups -OCH3 is 1. The Balaban J connectivity index is 2.29. The quantitative estimate of drug-likeness (QED) is 0.652. The van der Waals surface area contributed by atoms with Crippen molar-refractivity contribution in [1.29, 1.82) is 0 Å². The number of ether oxygens (including phenoxy) is 1. The lowest BCUT2D eigenvalue weighted by atomic mass is 10.0. The molecule has 0 fully saturated rings. The molecule has 0 saturated heterocycles. The predicted octanol–water partition coefficient (Wildman–Crippen LogP) is 5.48. The van der Waals surface area contributed by atoms with Crippen molar-refractivity contribution in [2.45, 2.75) is 26.3 Å². The lowest BCUT2D eigenvalue weighted by Gasteiger charge is -2.18. The second-order valence-electron chi connectivity index (χ2n) is 4.88. The van der Waals surface area contributed by atoms with Gasteiger partial charge in [-0.2, -0.15) is 0 Å². The van der Waals surface area contributed by atoms with Gasteiger partial charge in [-0.15, -0.1) is 11.3 Å². The Morgan fingerprint density at radius 1 is 1.29 bits per heavy atom. The van der Waals surface area contributed by atoms with E-state index in [-0.39, 0.29) is 0 Å². The molecule has 21 heavy (non-hydrogen) atoms. The highest BCUT2D eigenvalue weighted by Crippen LogP contribution is 2.34. The first kappa shape index (κ1) is 17.0. The van der Waals surface area contributed by atoms with Gasteiger partial charge in [0.15, 0.2) is 0 Å². The molecule has 0 spiro atoms. The van der Waals surface area contributed by atoms with Crippen LogP contribution in [0.4, 0.5) is 0 Å². The molecule has 2 aromatic rings. The van der Waals surface area contributed by atoms with Crippen molar-refractivity contribution in [3.05, 3.63) is 48.5 Å². The van der Waals surface area contributed by atoms with Crippen molar-refractivity contribution >= 4 is 43.2 Å². The van der Waals surface area contributed by atoms with Crippen LogP contribution in [0, 0.1) is 6.92 Å². The van der Waals surface area contributed by atoms with Crippen LogP contribution in [-0.2, 0) is 6.42 Å². The monoisotopic (exact) mass is 431 g/mol. The van der Waals surface area contributed by atoms with E-state index in [1.807, 2.05) is 12.1 Å². The first-order valence-electron chi connectivity index (χ1n) is 6.86. The third-order valence-corrected chi connectivity index (χ3v) is 6.08. The molecule has 0 radical (unpaired) electrons. The summed E-state index contributed by atoms with van der Waals surface area (Å²) in [5, 5.41) is 3.58. The number of aryl methyl sites for hydroxylation is 1. The summed E-state index contributed by atoms with van der Waals surface area (Å²) in [4.78, 5) is 1.35. The number of rotatable bonds is 6. The summed E-state index contributed by atoms with van der Waals surface area (Å²) in [5.74, 6) is 0.938. The van der Waals surface area contributed by atoms with E-state index < -0.39 is 0 Å². The standard InChI is InChI=1S/C16H19Br2NOS/c1-4-19-13(15-7-10(2)16(18)21-15)9-11-8-12(17)5-6-14(11)20-3/h5-8,13,19H,4,9H2,1-3H3. The van der Waals surface area contributed by atoms with Gasteiger partial charge in [-0.05, 0) is 71.2 Å². The van der Waals surface area contributed by atoms with E-state index in [1.54, 1.807) is 18.4 Å². The third-order valence-electron chi connectivity index (χ3n) is 3.34. The van der Waals surface area contributed by atoms with E-state index >= 15 is 0 Å². The smallest absolute Gasteiger partial charge is 0.122 e. The molecule has 1 aromatic heterocycles. The van der Waals surface area contributed by atoms with Crippen molar-refractivity contribution < 1.29 is 4.74 Å². The number of hydrogen-bond donors (Lipinski definition) is 1. The van der Waals surface area contributed by atoms with Crippen molar-refractivity contribution in [2.75, 3.05) is 13.7 Å². The number of thiophene rings is 1. The summed E-state index contributed by atoms with van der Waals surface area (Å²) in [7, 11) is 1.72. The largest absolute Gasteiger partial charge is 0.496 e. The maximum absolute atomic E-state index is 5.49. The van der Waals surface area contributed by atoms with Gasteiger partial charge in [-0.1, -0.05) is 22.9 Å². The number of likely N-dealkylation sites (N-methyl/N-ethyl adjacent to an activating group) is 1. The molecule has 0 aliphatic carbocycles. The highest BCUT2D eigenvalue weighted by molar-refractivity contribution is 9.11. The van der Waals surface area contributed by atoms with E-state index in [0.29, 0.717) is 6.04 Å². The first-order chi connectivity index (χ1) is 10.0. The van der Waals surface area contributed by atoms with E-state index in [9.17, 15) is 0 Å². The number of nitrogens with one attached hydrogen (secondary N) is 1. The number of hydrogen-bond acceptors (Lipinski definition) is 3. The summed E-state index contributed by atoms with van der Waals surface area (Å²) in [5.41, 5.74) is 2.50. The fraction of sp³-hybridized carbons (Fsp3) is 0.375. The predicted molar refractivity (Wildman–Crippen MR) is 97.6 cm³/mol. The Hall–Kier alpha value is -0.360. The zero-order valence-corrected chi connectivity index (χ0v) is 16.4. The molecule has 1 N–H and O–H groups in total. The fourth-order valence-electron chi connectivity index (χ4n) is 2.30. The molecule has 114 valence electrons. The molecule has 1 atom stereocenters. The summed E-state index contributed by atoms with van der Waals surface area (Å²) in [6.07, 6.45) is 0.906. The van der Waals surface area contributed by atoms with Crippen molar-refractivity contribution in [3.8, 4) is 5.75 Å². The Labute approximate surface area is 147 Å². The van der Waals surface area contributed by atoms with E-state index in [2.05, 4.69) is 63.2 Å². The van der Waals surface area contributed by atoms with Gasteiger partial charge in [0.1, 0.15) is 5.75 Å². The molecular formula is C16H19Br2NOS. The SMILES string of the molecule is CCNC(Cc1cc(Br)ccc1OC)c1cc(C)c(Br)s1. The summed E-state index contributed by atoms with van der Waals surface area (Å²) in [6, 6.07) is 8.72. The first-order valence-corrected chi connectivity index (χ1v) is 9.27. The van der Waals surface area contributed by atoms with Crippen LogP contribution in [0.5, 0.6) is 5.75 Å². The van der Waals surface area contributed by atoms with Crippen LogP contribution in [0.2, 0.25) is 0 Å². The molecule has 1 unspecified atom stereocenters. The summed E-state index contributed by atoms with van der Waals surface area (Å²) >= 11 is 8.97. The molecule has 0 amide bonds. The Kier molecular flexibility index (Phi) is 6.29. The lowest BCUT2D eigenvalue weighted by Crippen LogP contribution is -2.22. The second kappa shape index (κ2) is 7.77. The molecule has 0 bridgehead atoms. The van der Waals surface area contributed by atoms with Gasteiger partial charge in [0.2, 0.25) is 0 Å². The van der Waals surface area contributed by atoms with Crippen LogP contribution < -0.4 is 10.1 Å². The van der Waals surface area contributed by atoms with Crippen LogP contribution in [0.15, 0.2) is 32.5 Å². The average Bonchev–Trinajstić information content (AvgIpc) is 2.78. The van der Waals surface area contributed by atoms with Gasteiger partial charge in [-0.25, -0.2) is 0 Å².